The fourth-order valence-corrected chi connectivity index (χ4v) is 3.52. The predicted molar refractivity (Wildman–Crippen MR) is 87.6 cm³/mol. The van der Waals surface area contributed by atoms with E-state index in [-0.39, 0.29) is 17.7 Å². The molecule has 0 bridgehead atoms. The summed E-state index contributed by atoms with van der Waals surface area (Å²) in [6, 6.07) is 2.04. The lowest BCUT2D eigenvalue weighted by Gasteiger charge is -2.31. The van der Waals surface area contributed by atoms with E-state index < -0.39 is 0 Å². The summed E-state index contributed by atoms with van der Waals surface area (Å²) in [5, 5.41) is 12.0. The SMILES string of the molecule is CC(=O)Nc1nc(C(=O)N2CCC[C@H](c3cc(C)[nH]n3)C2)cs1. The summed E-state index contributed by atoms with van der Waals surface area (Å²) < 4.78 is 0. The molecule has 0 saturated carbocycles. The number of carbonyl (C=O) groups excluding carboxylic acids is 2. The minimum absolute atomic E-state index is 0.0881. The predicted octanol–water partition coefficient (Wildman–Crippen LogP) is 2.15. The first kappa shape index (κ1) is 15.7. The number of thiazole rings is 1. The zero-order valence-corrected chi connectivity index (χ0v) is 13.9. The van der Waals surface area contributed by atoms with Gasteiger partial charge in [-0.3, -0.25) is 14.7 Å². The molecule has 0 aromatic carbocycles. The Labute approximate surface area is 138 Å². The lowest BCUT2D eigenvalue weighted by molar-refractivity contribution is -0.114. The van der Waals surface area contributed by atoms with E-state index >= 15 is 0 Å². The summed E-state index contributed by atoms with van der Waals surface area (Å²) in [4.78, 5) is 29.7. The van der Waals surface area contributed by atoms with Crippen molar-refractivity contribution in [3.63, 3.8) is 0 Å². The number of piperidine rings is 1. The maximum atomic E-state index is 12.6. The van der Waals surface area contributed by atoms with Crippen LogP contribution in [0.25, 0.3) is 0 Å². The highest BCUT2D eigenvalue weighted by Crippen LogP contribution is 2.27. The van der Waals surface area contributed by atoms with Crippen LogP contribution in [-0.2, 0) is 4.79 Å². The third-order valence-corrected chi connectivity index (χ3v) is 4.62. The van der Waals surface area contributed by atoms with Gasteiger partial charge in [-0.2, -0.15) is 5.10 Å². The van der Waals surface area contributed by atoms with E-state index in [4.69, 9.17) is 0 Å². The fraction of sp³-hybridized carbons (Fsp3) is 0.467. The molecule has 3 heterocycles. The second-order valence-electron chi connectivity index (χ2n) is 5.79. The topological polar surface area (TPSA) is 91.0 Å². The summed E-state index contributed by atoms with van der Waals surface area (Å²) in [6.07, 6.45) is 1.98. The number of hydrogen-bond acceptors (Lipinski definition) is 5. The monoisotopic (exact) mass is 333 g/mol. The van der Waals surface area contributed by atoms with Gasteiger partial charge in [0.25, 0.3) is 5.91 Å². The second kappa shape index (κ2) is 6.49. The molecule has 7 nitrogen and oxygen atoms in total. The zero-order chi connectivity index (χ0) is 16.4. The number of aryl methyl sites for hydroxylation is 1. The Balaban J connectivity index is 1.69. The van der Waals surface area contributed by atoms with E-state index in [2.05, 4.69) is 20.5 Å². The molecule has 1 fully saturated rings. The molecule has 1 atom stereocenters. The average molecular weight is 333 g/mol. The Hall–Kier alpha value is -2.22. The van der Waals surface area contributed by atoms with Gasteiger partial charge in [0.1, 0.15) is 5.69 Å². The molecule has 0 radical (unpaired) electrons. The van der Waals surface area contributed by atoms with E-state index in [0.717, 1.165) is 30.8 Å². The van der Waals surface area contributed by atoms with Gasteiger partial charge in [0.05, 0.1) is 5.69 Å². The molecule has 23 heavy (non-hydrogen) atoms. The van der Waals surface area contributed by atoms with Crippen molar-refractivity contribution in [3.05, 3.63) is 28.5 Å². The summed E-state index contributed by atoms with van der Waals surface area (Å²) >= 11 is 1.26. The third kappa shape index (κ3) is 3.58. The molecule has 0 spiro atoms. The van der Waals surface area contributed by atoms with Crippen molar-refractivity contribution in [2.45, 2.75) is 32.6 Å². The number of H-pyrrole nitrogens is 1. The normalized spacial score (nSPS) is 18.0. The van der Waals surface area contributed by atoms with Crippen LogP contribution in [-0.4, -0.2) is 45.0 Å². The van der Waals surface area contributed by atoms with Crippen LogP contribution in [0.3, 0.4) is 0 Å². The van der Waals surface area contributed by atoms with E-state index in [1.807, 2.05) is 17.9 Å². The number of carbonyl (C=O) groups is 2. The Morgan fingerprint density at radius 2 is 2.30 bits per heavy atom. The average Bonchev–Trinajstić information content (AvgIpc) is 3.15. The highest BCUT2D eigenvalue weighted by atomic mass is 32.1. The second-order valence-corrected chi connectivity index (χ2v) is 6.64. The van der Waals surface area contributed by atoms with Crippen molar-refractivity contribution in [2.24, 2.45) is 0 Å². The number of aromatic amines is 1. The molecular formula is C15H19N5O2S. The van der Waals surface area contributed by atoms with Crippen LogP contribution >= 0.6 is 11.3 Å². The van der Waals surface area contributed by atoms with E-state index in [9.17, 15) is 9.59 Å². The van der Waals surface area contributed by atoms with Crippen molar-refractivity contribution in [1.29, 1.82) is 0 Å². The third-order valence-electron chi connectivity index (χ3n) is 3.86. The van der Waals surface area contributed by atoms with Crippen molar-refractivity contribution in [1.82, 2.24) is 20.1 Å². The number of rotatable bonds is 3. The van der Waals surface area contributed by atoms with Crippen LogP contribution in [0.15, 0.2) is 11.4 Å². The standard InChI is InChI=1S/C15H19N5O2S/c1-9-6-12(19-18-9)11-4-3-5-20(7-11)14(22)13-8-23-15(17-13)16-10(2)21/h6,8,11H,3-5,7H2,1-2H3,(H,18,19)(H,16,17,21)/t11-/m0/s1. The van der Waals surface area contributed by atoms with Crippen LogP contribution in [0.2, 0.25) is 0 Å². The number of nitrogens with zero attached hydrogens (tertiary/aromatic N) is 3. The molecule has 2 N–H and O–H groups in total. The van der Waals surface area contributed by atoms with Crippen LogP contribution in [0.4, 0.5) is 5.13 Å². The van der Waals surface area contributed by atoms with Crippen LogP contribution in [0, 0.1) is 6.92 Å². The molecule has 8 heteroatoms. The first-order chi connectivity index (χ1) is 11.0. The van der Waals surface area contributed by atoms with E-state index in [1.165, 1.54) is 18.3 Å². The number of hydrogen-bond donors (Lipinski definition) is 2. The Kier molecular flexibility index (Phi) is 4.42. The minimum Gasteiger partial charge on any atom is -0.337 e. The minimum atomic E-state index is -0.190. The lowest BCUT2D eigenvalue weighted by atomic mass is 9.94. The number of anilines is 1. The van der Waals surface area contributed by atoms with Gasteiger partial charge in [-0.1, -0.05) is 0 Å². The summed E-state index contributed by atoms with van der Waals surface area (Å²) in [5.41, 5.74) is 2.43. The highest BCUT2D eigenvalue weighted by Gasteiger charge is 2.28. The Morgan fingerprint density at radius 3 is 3.00 bits per heavy atom. The van der Waals surface area contributed by atoms with Gasteiger partial charge in [-0.25, -0.2) is 4.98 Å². The Bertz CT molecular complexity index is 723. The largest absolute Gasteiger partial charge is 0.337 e. The van der Waals surface area contributed by atoms with Crippen LogP contribution in [0.5, 0.6) is 0 Å². The van der Waals surface area contributed by atoms with Gasteiger partial charge in [-0.05, 0) is 25.8 Å². The zero-order valence-electron chi connectivity index (χ0n) is 13.1. The molecule has 2 amide bonds. The van der Waals surface area contributed by atoms with Crippen LogP contribution in [0.1, 0.15) is 47.6 Å². The lowest BCUT2D eigenvalue weighted by Crippen LogP contribution is -2.39. The van der Waals surface area contributed by atoms with E-state index in [0.29, 0.717) is 17.4 Å². The highest BCUT2D eigenvalue weighted by molar-refractivity contribution is 7.14. The van der Waals surface area contributed by atoms with E-state index in [1.54, 1.807) is 5.38 Å². The van der Waals surface area contributed by atoms with Gasteiger partial charge in [0.2, 0.25) is 5.91 Å². The number of amides is 2. The van der Waals surface area contributed by atoms with Crippen LogP contribution < -0.4 is 5.32 Å². The molecule has 1 aliphatic heterocycles. The summed E-state index contributed by atoms with van der Waals surface area (Å²) in [7, 11) is 0. The van der Waals surface area contributed by atoms with Crippen molar-refractivity contribution in [3.8, 4) is 0 Å². The van der Waals surface area contributed by atoms with Crippen molar-refractivity contribution in [2.75, 3.05) is 18.4 Å². The molecule has 122 valence electrons. The maximum absolute atomic E-state index is 12.6. The molecule has 0 unspecified atom stereocenters. The molecule has 0 aliphatic carbocycles. The molecule has 1 saturated heterocycles. The molecule has 2 aromatic heterocycles. The summed E-state index contributed by atoms with van der Waals surface area (Å²) in [5.74, 6) is -0.0220. The molecule has 1 aliphatic rings. The molecule has 2 aromatic rings. The van der Waals surface area contributed by atoms with Crippen molar-refractivity contribution < 1.29 is 9.59 Å². The van der Waals surface area contributed by atoms with Gasteiger partial charge in [0, 0.05) is 37.0 Å². The van der Waals surface area contributed by atoms with Gasteiger partial charge in [0.15, 0.2) is 5.13 Å². The van der Waals surface area contributed by atoms with Gasteiger partial charge < -0.3 is 10.2 Å². The molecule has 3 rings (SSSR count). The van der Waals surface area contributed by atoms with Crippen molar-refractivity contribution >= 4 is 28.3 Å². The maximum Gasteiger partial charge on any atom is 0.273 e. The first-order valence-corrected chi connectivity index (χ1v) is 8.45. The number of likely N-dealkylation sites (tertiary alicyclic amines) is 1. The summed E-state index contributed by atoms with van der Waals surface area (Å²) in [6.45, 7) is 4.77. The van der Waals surface area contributed by atoms with Gasteiger partial charge >= 0.3 is 0 Å². The number of aromatic nitrogens is 3. The van der Waals surface area contributed by atoms with Gasteiger partial charge in [-0.15, -0.1) is 11.3 Å². The Morgan fingerprint density at radius 1 is 1.48 bits per heavy atom. The fourth-order valence-electron chi connectivity index (χ4n) is 2.79. The smallest absolute Gasteiger partial charge is 0.273 e. The molecular weight excluding hydrogens is 314 g/mol. The number of nitrogens with one attached hydrogen (secondary N) is 2. The quantitative estimate of drug-likeness (QED) is 0.900. The first-order valence-electron chi connectivity index (χ1n) is 7.57.